The van der Waals surface area contributed by atoms with E-state index in [4.69, 9.17) is 27.0 Å². The van der Waals surface area contributed by atoms with Crippen LogP contribution in [0.25, 0.3) is 0 Å². The number of carbonyl (C=O) groups excluding carboxylic acids is 2. The standard InChI is InChI=1S/C16H30O4.Na.H2O4S.H/c1-3-5-7-9-13-19-15(17)11-12-16(18)20-14-10-8-6-4-2;;1-5(2,3)4;/h3-14H2,1-2H3;;(H2,1,2,3,4);/q;+1;;-1. The molecule has 0 fully saturated rings. The Morgan fingerprint density at radius 1 is 0.769 bits per heavy atom. The van der Waals surface area contributed by atoms with Gasteiger partial charge in [0.15, 0.2) is 0 Å². The molecule has 2 N–H and O–H groups in total. The fourth-order valence-electron chi connectivity index (χ4n) is 1.78. The number of carbonyl (C=O) groups is 2. The minimum atomic E-state index is -4.67. The first-order valence-corrected chi connectivity index (χ1v) is 10.1. The van der Waals surface area contributed by atoms with Crippen LogP contribution in [0.2, 0.25) is 0 Å². The molecule has 0 aliphatic rings. The molecule has 0 aliphatic heterocycles. The molecule has 0 amide bonds. The Balaban J connectivity index is -0.000000333. The second-order valence-corrected chi connectivity index (χ2v) is 6.41. The van der Waals surface area contributed by atoms with E-state index in [2.05, 4.69) is 13.8 Å². The summed E-state index contributed by atoms with van der Waals surface area (Å²) in [5, 5.41) is 0. The molecule has 0 aliphatic carbocycles. The van der Waals surface area contributed by atoms with Gasteiger partial charge in [0.25, 0.3) is 0 Å². The molecule has 10 heteroatoms. The molecular formula is C16H33NaO8S. The smallest absolute Gasteiger partial charge is 1.00 e. The SMILES string of the molecule is CCCCCCOC(=O)CCC(=O)OCCCCCC.O=S(=O)(O)O.[H-].[Na+]. The summed E-state index contributed by atoms with van der Waals surface area (Å²) in [5.41, 5.74) is 0. The first-order chi connectivity index (χ1) is 11.7. The number of rotatable bonds is 13. The molecule has 0 rings (SSSR count). The Bertz CT molecular complexity index is 412. The van der Waals surface area contributed by atoms with E-state index in [1.165, 1.54) is 12.8 Å². The second-order valence-electron chi connectivity index (χ2n) is 5.51. The molecule has 26 heavy (non-hydrogen) atoms. The van der Waals surface area contributed by atoms with Gasteiger partial charge in [0.1, 0.15) is 0 Å². The van der Waals surface area contributed by atoms with Crippen LogP contribution in [-0.4, -0.2) is 42.7 Å². The molecule has 0 spiro atoms. The summed E-state index contributed by atoms with van der Waals surface area (Å²) in [6, 6.07) is 0. The van der Waals surface area contributed by atoms with Crippen LogP contribution in [-0.2, 0) is 29.5 Å². The fraction of sp³-hybridized carbons (Fsp3) is 0.875. The molecule has 0 radical (unpaired) electrons. The maximum atomic E-state index is 11.4. The van der Waals surface area contributed by atoms with Crippen molar-refractivity contribution in [2.75, 3.05) is 13.2 Å². The van der Waals surface area contributed by atoms with Crippen LogP contribution in [0.1, 0.15) is 79.5 Å². The Morgan fingerprint density at radius 3 is 1.35 bits per heavy atom. The Morgan fingerprint density at radius 2 is 1.08 bits per heavy atom. The molecule has 0 heterocycles. The molecule has 0 aromatic rings. The number of hydrogen-bond donors (Lipinski definition) is 2. The summed E-state index contributed by atoms with van der Waals surface area (Å²) in [4.78, 5) is 22.7. The molecule has 0 aromatic heterocycles. The molecule has 0 saturated heterocycles. The van der Waals surface area contributed by atoms with E-state index < -0.39 is 10.4 Å². The second kappa shape index (κ2) is 21.1. The maximum absolute atomic E-state index is 11.4. The zero-order chi connectivity index (χ0) is 19.6. The molecular weight excluding hydrogens is 375 g/mol. The first kappa shape index (κ1) is 30.5. The van der Waals surface area contributed by atoms with Crippen molar-refractivity contribution in [3.05, 3.63) is 0 Å². The number of unbranched alkanes of at least 4 members (excludes halogenated alkanes) is 6. The number of hydrogen-bond acceptors (Lipinski definition) is 6. The van der Waals surface area contributed by atoms with Gasteiger partial charge in [-0.2, -0.15) is 8.42 Å². The van der Waals surface area contributed by atoms with E-state index in [1.807, 2.05) is 0 Å². The third-order valence-electron chi connectivity index (χ3n) is 3.06. The van der Waals surface area contributed by atoms with Crippen molar-refractivity contribution in [1.82, 2.24) is 0 Å². The molecule has 8 nitrogen and oxygen atoms in total. The predicted molar refractivity (Wildman–Crippen MR) is 94.7 cm³/mol. The Kier molecular flexibility index (Phi) is 24.8. The van der Waals surface area contributed by atoms with Gasteiger partial charge in [-0.3, -0.25) is 18.7 Å². The van der Waals surface area contributed by atoms with Crippen LogP contribution in [0.3, 0.4) is 0 Å². The molecule has 0 bridgehead atoms. The van der Waals surface area contributed by atoms with Gasteiger partial charge >= 0.3 is 51.9 Å². The van der Waals surface area contributed by atoms with E-state index in [9.17, 15) is 9.59 Å². The monoisotopic (exact) mass is 408 g/mol. The normalized spacial score (nSPS) is 10.2. The van der Waals surface area contributed by atoms with Crippen LogP contribution >= 0.6 is 0 Å². The van der Waals surface area contributed by atoms with Gasteiger partial charge < -0.3 is 10.9 Å². The molecule has 0 atom stereocenters. The molecule has 152 valence electrons. The topological polar surface area (TPSA) is 127 Å². The summed E-state index contributed by atoms with van der Waals surface area (Å²) in [6.07, 6.45) is 8.90. The summed E-state index contributed by atoms with van der Waals surface area (Å²) in [5.74, 6) is -0.603. The van der Waals surface area contributed by atoms with Gasteiger partial charge in [-0.05, 0) is 12.8 Å². The van der Waals surface area contributed by atoms with E-state index in [-0.39, 0.29) is 55.8 Å². The largest absolute Gasteiger partial charge is 1.00 e. The summed E-state index contributed by atoms with van der Waals surface area (Å²) in [6.45, 7) is 5.20. The summed E-state index contributed by atoms with van der Waals surface area (Å²) in [7, 11) is -4.67. The fourth-order valence-corrected chi connectivity index (χ4v) is 1.78. The van der Waals surface area contributed by atoms with Crippen molar-refractivity contribution in [3.63, 3.8) is 0 Å². The van der Waals surface area contributed by atoms with Crippen molar-refractivity contribution in [2.45, 2.75) is 78.1 Å². The van der Waals surface area contributed by atoms with Crippen molar-refractivity contribution in [2.24, 2.45) is 0 Å². The van der Waals surface area contributed by atoms with Gasteiger partial charge in [0.05, 0.1) is 26.1 Å². The number of ether oxygens (including phenoxy) is 2. The van der Waals surface area contributed by atoms with Crippen LogP contribution in [0, 0.1) is 0 Å². The predicted octanol–water partition coefficient (Wildman–Crippen LogP) is 0.477. The summed E-state index contributed by atoms with van der Waals surface area (Å²) < 4.78 is 41.7. The van der Waals surface area contributed by atoms with Crippen LogP contribution in [0.15, 0.2) is 0 Å². The van der Waals surface area contributed by atoms with Gasteiger partial charge in [-0.15, -0.1) is 0 Å². The van der Waals surface area contributed by atoms with Gasteiger partial charge in [0.2, 0.25) is 0 Å². The quantitative estimate of drug-likeness (QED) is 0.195. The summed E-state index contributed by atoms with van der Waals surface area (Å²) >= 11 is 0. The average molecular weight is 408 g/mol. The van der Waals surface area contributed by atoms with Crippen LogP contribution in [0.4, 0.5) is 0 Å². The van der Waals surface area contributed by atoms with E-state index >= 15 is 0 Å². The Hall–Kier alpha value is -0.190. The molecule has 0 unspecified atom stereocenters. The van der Waals surface area contributed by atoms with Gasteiger partial charge in [-0.25, -0.2) is 0 Å². The molecule has 0 aromatic carbocycles. The zero-order valence-corrected chi connectivity index (χ0v) is 19.1. The van der Waals surface area contributed by atoms with E-state index in [0.717, 1.165) is 38.5 Å². The van der Waals surface area contributed by atoms with Crippen molar-refractivity contribution < 1.29 is 67.6 Å². The van der Waals surface area contributed by atoms with E-state index in [0.29, 0.717) is 13.2 Å². The van der Waals surface area contributed by atoms with Crippen molar-refractivity contribution >= 4 is 22.3 Å². The van der Waals surface area contributed by atoms with Gasteiger partial charge in [0, 0.05) is 0 Å². The Labute approximate surface area is 180 Å². The molecule has 0 saturated carbocycles. The van der Waals surface area contributed by atoms with Crippen LogP contribution < -0.4 is 29.6 Å². The van der Waals surface area contributed by atoms with Crippen molar-refractivity contribution in [3.8, 4) is 0 Å². The third kappa shape index (κ3) is 35.0. The van der Waals surface area contributed by atoms with E-state index in [1.54, 1.807) is 0 Å². The van der Waals surface area contributed by atoms with Gasteiger partial charge in [-0.1, -0.05) is 52.4 Å². The third-order valence-corrected chi connectivity index (χ3v) is 3.06. The van der Waals surface area contributed by atoms with Crippen molar-refractivity contribution in [1.29, 1.82) is 0 Å². The zero-order valence-electron chi connectivity index (χ0n) is 17.2. The minimum Gasteiger partial charge on any atom is -1.00 e. The average Bonchev–Trinajstić information content (AvgIpc) is 2.51. The maximum Gasteiger partial charge on any atom is 1.00 e. The minimum absolute atomic E-state index is 0. The number of esters is 2. The van der Waals surface area contributed by atoms with Crippen LogP contribution in [0.5, 0.6) is 0 Å². The first-order valence-electron chi connectivity index (χ1n) is 8.71.